The molecule has 0 radical (unpaired) electrons. The van der Waals surface area contributed by atoms with E-state index in [4.69, 9.17) is 0 Å². The highest BCUT2D eigenvalue weighted by Gasteiger charge is 2.17. The van der Waals surface area contributed by atoms with Gasteiger partial charge in [-0.05, 0) is 49.0 Å². The minimum absolute atomic E-state index is 0. The third-order valence-electron chi connectivity index (χ3n) is 4.44. The topological polar surface area (TPSA) is 88.2 Å². The zero-order chi connectivity index (χ0) is 20.0. The molecule has 1 aromatic heterocycles. The van der Waals surface area contributed by atoms with E-state index in [1.807, 2.05) is 19.1 Å². The fraction of sp³-hybridized carbons (Fsp3) is 0.238. The Kier molecular flexibility index (Phi) is 8.28. The molecule has 154 valence electrons. The molecule has 29 heavy (non-hydrogen) atoms. The number of carbonyl (C=O) groups excluding carboxylic acids is 1. The van der Waals surface area contributed by atoms with E-state index in [9.17, 15) is 13.2 Å². The summed E-state index contributed by atoms with van der Waals surface area (Å²) in [5, 5.41) is 5.00. The van der Waals surface area contributed by atoms with Crippen LogP contribution in [0.5, 0.6) is 0 Å². The summed E-state index contributed by atoms with van der Waals surface area (Å²) in [4.78, 5) is 14.9. The number of carbonyl (C=O) groups is 1. The highest BCUT2D eigenvalue weighted by molar-refractivity contribution is 7.89. The largest absolute Gasteiger partial charge is 0.315 e. The molecule has 0 spiro atoms. The van der Waals surface area contributed by atoms with Crippen LogP contribution in [-0.4, -0.2) is 38.8 Å². The Balaban J connectivity index is 0.00000300. The summed E-state index contributed by atoms with van der Waals surface area (Å²) < 4.78 is 27.9. The Morgan fingerprint density at radius 1 is 1.07 bits per heavy atom. The average Bonchev–Trinajstić information content (AvgIpc) is 2.71. The standard InChI is InChI=1S/C21H23N3O3S.ClH/c1-16(13-22-10-8-17-2-4-18(15-25)5-3-17)24-28(26,27)21-7-6-20-14-23-11-9-19(20)12-21;/h2-7,9,11-12,14-16,22,24H,8,10,13H2,1H3;1H. The van der Waals surface area contributed by atoms with Crippen LogP contribution in [0.25, 0.3) is 10.8 Å². The van der Waals surface area contributed by atoms with Crippen molar-refractivity contribution in [1.29, 1.82) is 0 Å². The summed E-state index contributed by atoms with van der Waals surface area (Å²) in [5.74, 6) is 0. The predicted molar refractivity (Wildman–Crippen MR) is 117 cm³/mol. The Hall–Kier alpha value is -2.32. The SMILES string of the molecule is CC(CNCCc1ccc(C=O)cc1)NS(=O)(=O)c1ccc2cnccc2c1.Cl. The van der Waals surface area contributed by atoms with Crippen LogP contribution in [0.2, 0.25) is 0 Å². The lowest BCUT2D eigenvalue weighted by molar-refractivity contribution is 0.112. The zero-order valence-corrected chi connectivity index (χ0v) is 17.7. The van der Waals surface area contributed by atoms with Crippen LogP contribution in [0.4, 0.5) is 0 Å². The predicted octanol–water partition coefficient (Wildman–Crippen LogP) is 2.97. The molecule has 2 N–H and O–H groups in total. The van der Waals surface area contributed by atoms with Gasteiger partial charge in [-0.15, -0.1) is 12.4 Å². The number of sulfonamides is 1. The minimum Gasteiger partial charge on any atom is -0.315 e. The second kappa shape index (κ2) is 10.5. The van der Waals surface area contributed by atoms with E-state index >= 15 is 0 Å². The van der Waals surface area contributed by atoms with Crippen molar-refractivity contribution in [3.8, 4) is 0 Å². The van der Waals surface area contributed by atoms with Crippen LogP contribution >= 0.6 is 12.4 Å². The average molecular weight is 434 g/mol. The number of hydrogen-bond acceptors (Lipinski definition) is 5. The van der Waals surface area contributed by atoms with E-state index in [1.165, 1.54) is 0 Å². The van der Waals surface area contributed by atoms with Crippen LogP contribution < -0.4 is 10.0 Å². The number of benzene rings is 2. The molecule has 1 heterocycles. The number of halogens is 1. The summed E-state index contributed by atoms with van der Waals surface area (Å²) in [6.07, 6.45) is 4.98. The van der Waals surface area contributed by atoms with Gasteiger partial charge >= 0.3 is 0 Å². The molecular formula is C21H24ClN3O3S. The second-order valence-corrected chi connectivity index (χ2v) is 8.43. The van der Waals surface area contributed by atoms with Crippen molar-refractivity contribution in [2.45, 2.75) is 24.3 Å². The highest BCUT2D eigenvalue weighted by atomic mass is 35.5. The van der Waals surface area contributed by atoms with Gasteiger partial charge in [0, 0.05) is 35.9 Å². The van der Waals surface area contributed by atoms with E-state index in [-0.39, 0.29) is 23.3 Å². The first-order valence-electron chi connectivity index (χ1n) is 9.09. The van der Waals surface area contributed by atoms with E-state index in [2.05, 4.69) is 15.0 Å². The fourth-order valence-electron chi connectivity index (χ4n) is 2.92. The maximum Gasteiger partial charge on any atom is 0.240 e. The molecule has 0 aliphatic heterocycles. The van der Waals surface area contributed by atoms with Gasteiger partial charge in [0.15, 0.2) is 0 Å². The van der Waals surface area contributed by atoms with Gasteiger partial charge in [-0.1, -0.05) is 30.3 Å². The van der Waals surface area contributed by atoms with Crippen molar-refractivity contribution in [2.75, 3.05) is 13.1 Å². The summed E-state index contributed by atoms with van der Waals surface area (Å²) in [6, 6.07) is 14.0. The highest BCUT2D eigenvalue weighted by Crippen LogP contribution is 2.18. The number of nitrogens with zero attached hydrogens (tertiary/aromatic N) is 1. The van der Waals surface area contributed by atoms with Crippen molar-refractivity contribution < 1.29 is 13.2 Å². The van der Waals surface area contributed by atoms with Crippen LogP contribution in [0, 0.1) is 0 Å². The van der Waals surface area contributed by atoms with Crippen LogP contribution in [-0.2, 0) is 16.4 Å². The molecule has 1 atom stereocenters. The normalized spacial score (nSPS) is 12.3. The number of nitrogens with one attached hydrogen (secondary N) is 2. The van der Waals surface area contributed by atoms with Gasteiger partial charge in [0.25, 0.3) is 0 Å². The Morgan fingerprint density at radius 2 is 1.83 bits per heavy atom. The van der Waals surface area contributed by atoms with Gasteiger partial charge in [0.05, 0.1) is 4.90 Å². The van der Waals surface area contributed by atoms with E-state index in [0.717, 1.165) is 35.6 Å². The molecule has 1 unspecified atom stereocenters. The van der Waals surface area contributed by atoms with Gasteiger partial charge in [0.2, 0.25) is 10.0 Å². The molecule has 2 aromatic carbocycles. The molecule has 0 saturated carbocycles. The molecule has 0 aliphatic rings. The number of hydrogen-bond donors (Lipinski definition) is 2. The molecule has 0 fully saturated rings. The van der Waals surface area contributed by atoms with E-state index in [0.29, 0.717) is 12.1 Å². The van der Waals surface area contributed by atoms with Crippen molar-refractivity contribution in [2.24, 2.45) is 0 Å². The molecule has 0 saturated heterocycles. The molecule has 6 nitrogen and oxygen atoms in total. The van der Waals surface area contributed by atoms with Crippen LogP contribution in [0.3, 0.4) is 0 Å². The molecular weight excluding hydrogens is 410 g/mol. The maximum absolute atomic E-state index is 12.6. The van der Waals surface area contributed by atoms with Crippen molar-refractivity contribution in [3.05, 3.63) is 72.1 Å². The van der Waals surface area contributed by atoms with E-state index in [1.54, 1.807) is 48.8 Å². The Morgan fingerprint density at radius 3 is 2.55 bits per heavy atom. The van der Waals surface area contributed by atoms with Gasteiger partial charge < -0.3 is 5.32 Å². The molecule has 3 rings (SSSR count). The van der Waals surface area contributed by atoms with Crippen molar-refractivity contribution in [3.63, 3.8) is 0 Å². The van der Waals surface area contributed by atoms with Gasteiger partial charge in [0.1, 0.15) is 6.29 Å². The monoisotopic (exact) mass is 433 g/mol. The quantitative estimate of drug-likeness (QED) is 0.400. The summed E-state index contributed by atoms with van der Waals surface area (Å²) in [5.41, 5.74) is 1.78. The lowest BCUT2D eigenvalue weighted by Gasteiger charge is -2.15. The first kappa shape index (κ1) is 23.0. The molecule has 0 amide bonds. The van der Waals surface area contributed by atoms with Crippen molar-refractivity contribution >= 4 is 39.5 Å². The number of aldehydes is 1. The van der Waals surface area contributed by atoms with Gasteiger partial charge in [-0.3, -0.25) is 9.78 Å². The maximum atomic E-state index is 12.6. The van der Waals surface area contributed by atoms with Crippen molar-refractivity contribution in [1.82, 2.24) is 15.0 Å². The Labute approximate surface area is 177 Å². The minimum atomic E-state index is -3.59. The third-order valence-corrected chi connectivity index (χ3v) is 6.02. The van der Waals surface area contributed by atoms with Gasteiger partial charge in [-0.2, -0.15) is 0 Å². The summed E-state index contributed by atoms with van der Waals surface area (Å²) >= 11 is 0. The van der Waals surface area contributed by atoms with E-state index < -0.39 is 10.0 Å². The molecule has 0 bridgehead atoms. The first-order valence-corrected chi connectivity index (χ1v) is 10.6. The first-order chi connectivity index (χ1) is 13.5. The lowest BCUT2D eigenvalue weighted by Crippen LogP contribution is -2.40. The van der Waals surface area contributed by atoms with Gasteiger partial charge in [-0.25, -0.2) is 13.1 Å². The lowest BCUT2D eigenvalue weighted by atomic mass is 10.1. The molecule has 8 heteroatoms. The van der Waals surface area contributed by atoms with Crippen LogP contribution in [0.15, 0.2) is 65.8 Å². The number of aromatic nitrogens is 1. The molecule has 3 aromatic rings. The smallest absolute Gasteiger partial charge is 0.240 e. The third kappa shape index (κ3) is 6.33. The van der Waals surface area contributed by atoms with Crippen LogP contribution in [0.1, 0.15) is 22.8 Å². The number of fused-ring (bicyclic) bond motifs is 1. The number of pyridine rings is 1. The molecule has 0 aliphatic carbocycles. The number of rotatable bonds is 9. The summed E-state index contributed by atoms with van der Waals surface area (Å²) in [7, 11) is -3.59. The Bertz CT molecular complexity index is 1060. The fourth-order valence-corrected chi connectivity index (χ4v) is 4.20. The second-order valence-electron chi connectivity index (χ2n) is 6.72. The summed E-state index contributed by atoms with van der Waals surface area (Å²) in [6.45, 7) is 3.06. The zero-order valence-electron chi connectivity index (χ0n) is 16.0.